The zero-order chi connectivity index (χ0) is 16.7. The standard InChI is InChI=1S/C15H7Cl2N3O2S2/c16-7-3-4-8-10(6-7)24-13(11(8)17)15(21)18-14-12(19-22-20-14)9-2-1-5-23-9/h1-6H,(H,18,20,21). The fourth-order valence-electron chi connectivity index (χ4n) is 2.19. The topological polar surface area (TPSA) is 68.0 Å². The van der Waals surface area contributed by atoms with Crippen molar-refractivity contribution in [1.82, 2.24) is 10.3 Å². The minimum Gasteiger partial charge on any atom is -0.301 e. The van der Waals surface area contributed by atoms with Gasteiger partial charge in [-0.1, -0.05) is 35.3 Å². The second kappa shape index (κ2) is 6.18. The molecule has 1 amide bonds. The Morgan fingerprint density at radius 1 is 1.21 bits per heavy atom. The van der Waals surface area contributed by atoms with E-state index in [0.29, 0.717) is 20.6 Å². The highest BCUT2D eigenvalue weighted by Gasteiger charge is 2.21. The molecule has 0 aliphatic heterocycles. The molecule has 0 aliphatic carbocycles. The number of aromatic nitrogens is 2. The smallest absolute Gasteiger partial charge is 0.268 e. The third-order valence-corrected chi connectivity index (χ3v) is 6.04. The first kappa shape index (κ1) is 15.6. The van der Waals surface area contributed by atoms with Gasteiger partial charge in [0.15, 0.2) is 5.69 Å². The van der Waals surface area contributed by atoms with E-state index in [0.717, 1.165) is 15.0 Å². The predicted octanol–water partition coefficient (Wildman–Crippen LogP) is 5.57. The van der Waals surface area contributed by atoms with Crippen molar-refractivity contribution in [3.63, 3.8) is 0 Å². The van der Waals surface area contributed by atoms with Gasteiger partial charge in [0.1, 0.15) is 4.88 Å². The average Bonchev–Trinajstić information content (AvgIpc) is 3.27. The van der Waals surface area contributed by atoms with Gasteiger partial charge in [0.2, 0.25) is 5.82 Å². The van der Waals surface area contributed by atoms with Gasteiger partial charge in [-0.05, 0) is 33.9 Å². The molecule has 0 saturated heterocycles. The van der Waals surface area contributed by atoms with Crippen molar-refractivity contribution in [1.29, 1.82) is 0 Å². The van der Waals surface area contributed by atoms with Crippen LogP contribution >= 0.6 is 45.9 Å². The molecule has 5 nitrogen and oxygen atoms in total. The number of benzene rings is 1. The maximum atomic E-state index is 12.6. The molecule has 0 aliphatic rings. The molecule has 3 heterocycles. The van der Waals surface area contributed by atoms with E-state index in [1.807, 2.05) is 17.5 Å². The SMILES string of the molecule is O=C(Nc1nonc1-c1cccs1)c1sc2cc(Cl)ccc2c1Cl. The molecule has 120 valence electrons. The highest BCUT2D eigenvalue weighted by molar-refractivity contribution is 7.21. The number of fused-ring (bicyclic) bond motifs is 1. The molecule has 4 aromatic rings. The summed E-state index contributed by atoms with van der Waals surface area (Å²) in [6, 6.07) is 9.06. The Balaban J connectivity index is 1.68. The molecule has 9 heteroatoms. The molecule has 0 radical (unpaired) electrons. The highest BCUT2D eigenvalue weighted by Crippen LogP contribution is 2.37. The van der Waals surface area contributed by atoms with Crippen LogP contribution in [0.25, 0.3) is 20.7 Å². The Hall–Kier alpha value is -1.93. The van der Waals surface area contributed by atoms with Gasteiger partial charge in [-0.3, -0.25) is 4.79 Å². The average molecular weight is 396 g/mol. The van der Waals surface area contributed by atoms with Crippen LogP contribution in [-0.2, 0) is 0 Å². The van der Waals surface area contributed by atoms with E-state index in [2.05, 4.69) is 15.6 Å². The van der Waals surface area contributed by atoms with Crippen LogP contribution in [0.15, 0.2) is 40.3 Å². The first-order chi connectivity index (χ1) is 11.6. The van der Waals surface area contributed by atoms with Gasteiger partial charge in [0, 0.05) is 15.1 Å². The number of amides is 1. The molecule has 0 saturated carbocycles. The van der Waals surface area contributed by atoms with Crippen LogP contribution in [0.1, 0.15) is 9.67 Å². The van der Waals surface area contributed by atoms with E-state index in [9.17, 15) is 4.79 Å². The lowest BCUT2D eigenvalue weighted by atomic mass is 10.2. The predicted molar refractivity (Wildman–Crippen MR) is 97.4 cm³/mol. The summed E-state index contributed by atoms with van der Waals surface area (Å²) in [5.41, 5.74) is 0.485. The number of thiophene rings is 2. The van der Waals surface area contributed by atoms with Gasteiger partial charge in [-0.25, -0.2) is 4.63 Å². The van der Waals surface area contributed by atoms with E-state index in [1.54, 1.807) is 18.2 Å². The summed E-state index contributed by atoms with van der Waals surface area (Å²) < 4.78 is 5.60. The molecule has 0 atom stereocenters. The van der Waals surface area contributed by atoms with Gasteiger partial charge in [0.05, 0.1) is 9.90 Å². The lowest BCUT2D eigenvalue weighted by molar-refractivity contribution is 0.103. The number of nitrogens with zero attached hydrogens (tertiary/aromatic N) is 2. The van der Waals surface area contributed by atoms with Crippen LogP contribution in [0.5, 0.6) is 0 Å². The van der Waals surface area contributed by atoms with Crippen LogP contribution in [0.2, 0.25) is 10.0 Å². The van der Waals surface area contributed by atoms with Crippen molar-refractivity contribution in [2.24, 2.45) is 0 Å². The Morgan fingerprint density at radius 2 is 2.08 bits per heavy atom. The molecule has 0 bridgehead atoms. The summed E-state index contributed by atoms with van der Waals surface area (Å²) in [6.07, 6.45) is 0. The largest absolute Gasteiger partial charge is 0.301 e. The van der Waals surface area contributed by atoms with Crippen molar-refractivity contribution < 1.29 is 9.42 Å². The summed E-state index contributed by atoms with van der Waals surface area (Å²) in [4.78, 5) is 13.8. The molecule has 1 aromatic carbocycles. The number of nitrogens with one attached hydrogen (secondary N) is 1. The second-order valence-electron chi connectivity index (χ2n) is 4.78. The van der Waals surface area contributed by atoms with Crippen molar-refractivity contribution in [3.8, 4) is 10.6 Å². The summed E-state index contributed by atoms with van der Waals surface area (Å²) in [5, 5.41) is 14.0. The van der Waals surface area contributed by atoms with Crippen molar-refractivity contribution in [3.05, 3.63) is 50.6 Å². The van der Waals surface area contributed by atoms with Crippen LogP contribution in [-0.4, -0.2) is 16.2 Å². The van der Waals surface area contributed by atoms with E-state index in [1.165, 1.54) is 22.7 Å². The lowest BCUT2D eigenvalue weighted by Gasteiger charge is -2.00. The fraction of sp³-hybridized carbons (Fsp3) is 0. The Labute approximate surface area is 153 Å². The summed E-state index contributed by atoms with van der Waals surface area (Å²) in [7, 11) is 0. The molecular weight excluding hydrogens is 389 g/mol. The van der Waals surface area contributed by atoms with Crippen LogP contribution < -0.4 is 5.32 Å². The third kappa shape index (κ3) is 2.69. The molecule has 24 heavy (non-hydrogen) atoms. The third-order valence-electron chi connectivity index (χ3n) is 3.27. The van der Waals surface area contributed by atoms with E-state index < -0.39 is 0 Å². The zero-order valence-corrected chi connectivity index (χ0v) is 14.9. The summed E-state index contributed by atoms with van der Waals surface area (Å²) >= 11 is 15.1. The van der Waals surface area contributed by atoms with Gasteiger partial charge in [-0.15, -0.1) is 22.7 Å². The first-order valence-electron chi connectivity index (χ1n) is 6.69. The summed E-state index contributed by atoms with van der Waals surface area (Å²) in [5.74, 6) is -0.111. The Morgan fingerprint density at radius 3 is 2.88 bits per heavy atom. The minimum atomic E-state index is -0.370. The zero-order valence-electron chi connectivity index (χ0n) is 11.7. The Bertz CT molecular complexity index is 1040. The molecule has 0 unspecified atom stereocenters. The Kier molecular flexibility index (Phi) is 4.01. The van der Waals surface area contributed by atoms with Crippen molar-refractivity contribution in [2.75, 3.05) is 5.32 Å². The van der Waals surface area contributed by atoms with E-state index in [4.69, 9.17) is 27.8 Å². The number of anilines is 1. The first-order valence-corrected chi connectivity index (χ1v) is 9.14. The van der Waals surface area contributed by atoms with Crippen molar-refractivity contribution in [2.45, 2.75) is 0 Å². The molecule has 1 N–H and O–H groups in total. The van der Waals surface area contributed by atoms with Crippen molar-refractivity contribution >= 4 is 67.7 Å². The minimum absolute atomic E-state index is 0.258. The van der Waals surface area contributed by atoms with Gasteiger partial charge in [0.25, 0.3) is 5.91 Å². The van der Waals surface area contributed by atoms with E-state index in [-0.39, 0.29) is 11.7 Å². The van der Waals surface area contributed by atoms with Gasteiger partial charge in [-0.2, -0.15) is 0 Å². The number of halogens is 2. The van der Waals surface area contributed by atoms with E-state index >= 15 is 0 Å². The van der Waals surface area contributed by atoms with Crippen LogP contribution in [0, 0.1) is 0 Å². The number of carbonyl (C=O) groups excluding carboxylic acids is 1. The highest BCUT2D eigenvalue weighted by atomic mass is 35.5. The number of hydrogen-bond donors (Lipinski definition) is 1. The maximum absolute atomic E-state index is 12.6. The summed E-state index contributed by atoms with van der Waals surface area (Å²) in [6.45, 7) is 0. The molecular formula is C15H7Cl2N3O2S2. The monoisotopic (exact) mass is 395 g/mol. The number of rotatable bonds is 3. The number of carbonyl (C=O) groups is 1. The number of hydrogen-bond acceptors (Lipinski definition) is 6. The second-order valence-corrected chi connectivity index (χ2v) is 7.59. The normalized spacial score (nSPS) is 11.1. The van der Waals surface area contributed by atoms with Crippen LogP contribution in [0.3, 0.4) is 0 Å². The quantitative estimate of drug-likeness (QED) is 0.492. The molecule has 3 aromatic heterocycles. The molecule has 4 rings (SSSR count). The molecule has 0 fully saturated rings. The van der Waals surface area contributed by atoms with Gasteiger partial charge < -0.3 is 5.32 Å². The van der Waals surface area contributed by atoms with Crippen LogP contribution in [0.4, 0.5) is 5.82 Å². The fourth-order valence-corrected chi connectivity index (χ4v) is 4.59. The molecule has 0 spiro atoms. The maximum Gasteiger partial charge on any atom is 0.268 e. The lowest BCUT2D eigenvalue weighted by Crippen LogP contribution is -2.11. The van der Waals surface area contributed by atoms with Gasteiger partial charge >= 0.3 is 0 Å².